The lowest BCUT2D eigenvalue weighted by Crippen LogP contribution is -2.28. The van der Waals surface area contributed by atoms with Crippen molar-refractivity contribution in [2.45, 2.75) is 20.0 Å². The summed E-state index contributed by atoms with van der Waals surface area (Å²) in [5.41, 5.74) is 2.43. The fourth-order valence-electron chi connectivity index (χ4n) is 1.58. The minimum absolute atomic E-state index is 0.456. The zero-order chi connectivity index (χ0) is 13.9. The number of benzene rings is 1. The topological polar surface area (TPSA) is 35.8 Å². The molecular formula is C12H12BrF3N2. The molecule has 1 rings (SSSR count). The van der Waals surface area contributed by atoms with E-state index in [0.29, 0.717) is 10.2 Å². The number of aryl methyl sites for hydroxylation is 2. The van der Waals surface area contributed by atoms with Crippen LogP contribution in [0, 0.1) is 31.1 Å². The number of alkyl halides is 3. The smallest absolute Gasteiger partial charge is 0.382 e. The quantitative estimate of drug-likeness (QED) is 0.906. The summed E-state index contributed by atoms with van der Waals surface area (Å²) in [5, 5.41) is 11.2. The van der Waals surface area contributed by atoms with Crippen LogP contribution < -0.4 is 5.32 Å². The maximum Gasteiger partial charge on any atom is 0.406 e. The van der Waals surface area contributed by atoms with Gasteiger partial charge in [-0.2, -0.15) is 18.4 Å². The normalized spacial score (nSPS) is 12.9. The molecule has 1 aromatic rings. The lowest BCUT2D eigenvalue weighted by Gasteiger charge is -2.17. The van der Waals surface area contributed by atoms with Gasteiger partial charge in [0.05, 0.1) is 11.8 Å². The average molecular weight is 321 g/mol. The Labute approximate surface area is 112 Å². The highest BCUT2D eigenvalue weighted by atomic mass is 79.9. The number of nitrogens with zero attached hydrogens (tertiary/aromatic N) is 1. The minimum Gasteiger partial charge on any atom is -0.382 e. The molecule has 0 radical (unpaired) electrons. The van der Waals surface area contributed by atoms with Crippen LogP contribution in [0.15, 0.2) is 16.6 Å². The molecule has 1 N–H and O–H groups in total. The molecule has 0 amide bonds. The van der Waals surface area contributed by atoms with Crippen molar-refractivity contribution in [1.82, 2.24) is 0 Å². The number of halogens is 4. The Bertz CT molecular complexity index is 454. The molecule has 0 saturated heterocycles. The molecule has 2 nitrogen and oxygen atoms in total. The Morgan fingerprint density at radius 3 is 2.44 bits per heavy atom. The van der Waals surface area contributed by atoms with Gasteiger partial charge in [-0.25, -0.2) is 0 Å². The predicted octanol–water partition coefficient (Wildman–Crippen LogP) is 4.18. The van der Waals surface area contributed by atoms with Crippen LogP contribution in [0.4, 0.5) is 18.9 Å². The number of anilines is 1. The molecule has 0 heterocycles. The second-order valence-corrected chi connectivity index (χ2v) is 4.90. The van der Waals surface area contributed by atoms with Crippen molar-refractivity contribution in [3.05, 3.63) is 27.7 Å². The number of nitriles is 1. The van der Waals surface area contributed by atoms with Crippen molar-refractivity contribution in [1.29, 1.82) is 5.26 Å². The van der Waals surface area contributed by atoms with E-state index in [4.69, 9.17) is 5.26 Å². The maximum absolute atomic E-state index is 12.4. The molecule has 0 aliphatic rings. The first-order valence-electron chi connectivity index (χ1n) is 5.22. The molecule has 0 aromatic heterocycles. The Kier molecular flexibility index (Phi) is 4.63. The van der Waals surface area contributed by atoms with E-state index in [2.05, 4.69) is 21.2 Å². The third-order valence-corrected chi connectivity index (χ3v) is 3.09. The third kappa shape index (κ3) is 3.64. The summed E-state index contributed by atoms with van der Waals surface area (Å²) in [4.78, 5) is 0. The van der Waals surface area contributed by atoms with Crippen molar-refractivity contribution < 1.29 is 13.2 Å². The summed E-state index contributed by atoms with van der Waals surface area (Å²) < 4.78 is 37.9. The lowest BCUT2D eigenvalue weighted by molar-refractivity contribution is -0.155. The number of hydrogen-bond acceptors (Lipinski definition) is 2. The molecule has 0 aliphatic heterocycles. The average Bonchev–Trinajstić information content (AvgIpc) is 2.19. The molecule has 1 atom stereocenters. The summed E-state index contributed by atoms with van der Waals surface area (Å²) in [6.45, 7) is 3.24. The Hall–Kier alpha value is -1.22. The fraction of sp³-hybridized carbons (Fsp3) is 0.417. The Morgan fingerprint density at radius 2 is 2.00 bits per heavy atom. The van der Waals surface area contributed by atoms with Gasteiger partial charge in [-0.15, -0.1) is 0 Å². The van der Waals surface area contributed by atoms with Gasteiger partial charge in [0.25, 0.3) is 0 Å². The van der Waals surface area contributed by atoms with Gasteiger partial charge < -0.3 is 5.32 Å². The highest BCUT2D eigenvalue weighted by molar-refractivity contribution is 9.10. The first-order valence-corrected chi connectivity index (χ1v) is 6.02. The number of hydrogen-bond donors (Lipinski definition) is 1. The maximum atomic E-state index is 12.4. The Balaban J connectivity index is 2.85. The monoisotopic (exact) mass is 320 g/mol. The van der Waals surface area contributed by atoms with E-state index in [9.17, 15) is 13.2 Å². The molecule has 18 heavy (non-hydrogen) atoms. The summed E-state index contributed by atoms with van der Waals surface area (Å²) in [5.74, 6) is -2.01. The van der Waals surface area contributed by atoms with Gasteiger partial charge in [0.15, 0.2) is 5.92 Å². The van der Waals surface area contributed by atoms with E-state index in [1.54, 1.807) is 6.92 Å². The van der Waals surface area contributed by atoms with Crippen LogP contribution in [0.2, 0.25) is 0 Å². The summed E-state index contributed by atoms with van der Waals surface area (Å²) in [6, 6.07) is 4.93. The summed E-state index contributed by atoms with van der Waals surface area (Å²) >= 11 is 3.29. The summed E-state index contributed by atoms with van der Waals surface area (Å²) in [7, 11) is 0. The molecule has 1 aromatic carbocycles. The van der Waals surface area contributed by atoms with Crippen molar-refractivity contribution in [2.24, 2.45) is 5.92 Å². The van der Waals surface area contributed by atoms with Gasteiger partial charge in [0.1, 0.15) is 0 Å². The molecule has 0 spiro atoms. The van der Waals surface area contributed by atoms with Crippen LogP contribution in [0.1, 0.15) is 11.1 Å². The van der Waals surface area contributed by atoms with Crippen molar-refractivity contribution in [3.63, 3.8) is 0 Å². The van der Waals surface area contributed by atoms with Crippen LogP contribution in [-0.2, 0) is 0 Å². The molecular weight excluding hydrogens is 309 g/mol. The van der Waals surface area contributed by atoms with E-state index in [1.807, 2.05) is 19.1 Å². The predicted molar refractivity (Wildman–Crippen MR) is 67.3 cm³/mol. The zero-order valence-corrected chi connectivity index (χ0v) is 11.5. The lowest BCUT2D eigenvalue weighted by atomic mass is 10.1. The zero-order valence-electron chi connectivity index (χ0n) is 9.90. The van der Waals surface area contributed by atoms with Crippen LogP contribution in [0.5, 0.6) is 0 Å². The van der Waals surface area contributed by atoms with E-state index in [1.165, 1.54) is 6.07 Å². The summed E-state index contributed by atoms with van der Waals surface area (Å²) in [6.07, 6.45) is -4.51. The van der Waals surface area contributed by atoms with E-state index >= 15 is 0 Å². The molecule has 1 unspecified atom stereocenters. The van der Waals surface area contributed by atoms with Gasteiger partial charge in [-0.3, -0.25) is 0 Å². The highest BCUT2D eigenvalue weighted by Gasteiger charge is 2.39. The van der Waals surface area contributed by atoms with E-state index in [-0.39, 0.29) is 0 Å². The van der Waals surface area contributed by atoms with E-state index in [0.717, 1.165) is 11.1 Å². The number of nitrogens with one attached hydrogen (secondary N) is 1. The molecule has 0 fully saturated rings. The standard InChI is InChI=1S/C12H12BrF3N2/c1-7-3-8(2)11(10(13)4-7)18-6-9(5-17)12(14,15)16/h3-4,9,18H,6H2,1-2H3. The second kappa shape index (κ2) is 5.61. The van der Waals surface area contributed by atoms with Crippen LogP contribution in [0.3, 0.4) is 0 Å². The first-order chi connectivity index (χ1) is 8.25. The minimum atomic E-state index is -4.51. The third-order valence-electron chi connectivity index (χ3n) is 2.47. The fourth-order valence-corrected chi connectivity index (χ4v) is 2.39. The first kappa shape index (κ1) is 14.8. The number of rotatable bonds is 3. The molecule has 0 saturated carbocycles. The Morgan fingerprint density at radius 1 is 1.39 bits per heavy atom. The second-order valence-electron chi connectivity index (χ2n) is 4.04. The van der Waals surface area contributed by atoms with Gasteiger partial charge >= 0.3 is 6.18 Å². The SMILES string of the molecule is Cc1cc(C)c(NCC(C#N)C(F)(F)F)c(Br)c1. The molecule has 6 heteroatoms. The van der Waals surface area contributed by atoms with Gasteiger partial charge in [-0.05, 0) is 47.0 Å². The molecule has 0 bridgehead atoms. The molecule has 0 aliphatic carbocycles. The van der Waals surface area contributed by atoms with Crippen LogP contribution in [0.25, 0.3) is 0 Å². The largest absolute Gasteiger partial charge is 0.406 e. The van der Waals surface area contributed by atoms with Crippen LogP contribution >= 0.6 is 15.9 Å². The van der Waals surface area contributed by atoms with Gasteiger partial charge in [0, 0.05) is 11.0 Å². The van der Waals surface area contributed by atoms with Crippen molar-refractivity contribution >= 4 is 21.6 Å². The van der Waals surface area contributed by atoms with Crippen LogP contribution in [-0.4, -0.2) is 12.7 Å². The van der Waals surface area contributed by atoms with Crippen molar-refractivity contribution in [3.8, 4) is 6.07 Å². The van der Waals surface area contributed by atoms with Gasteiger partial charge in [0.2, 0.25) is 0 Å². The highest BCUT2D eigenvalue weighted by Crippen LogP contribution is 2.30. The van der Waals surface area contributed by atoms with Crippen molar-refractivity contribution in [2.75, 3.05) is 11.9 Å². The van der Waals surface area contributed by atoms with E-state index < -0.39 is 18.6 Å². The molecule has 98 valence electrons. The van der Waals surface area contributed by atoms with Gasteiger partial charge in [-0.1, -0.05) is 6.07 Å².